The molecule has 0 amide bonds. The average molecular weight is 671 g/mol. The van der Waals surface area contributed by atoms with Gasteiger partial charge in [0.25, 0.3) is 0 Å². The first kappa shape index (κ1) is 36.3. The normalized spacial score (nSPS) is 23.2. The predicted molar refractivity (Wildman–Crippen MR) is 190 cm³/mol. The summed E-state index contributed by atoms with van der Waals surface area (Å²) < 4.78 is 10.6. The Labute approximate surface area is 303 Å². The number of carbonyl (C=O) groups excluding carboxylic acids is 3. The van der Waals surface area contributed by atoms with Gasteiger partial charge in [-0.25, -0.2) is 0 Å². The number of ketones is 1. The molecule has 49 heavy (non-hydrogen) atoms. The summed E-state index contributed by atoms with van der Waals surface area (Å²) in [6.45, 7) is 14.4. The van der Waals surface area contributed by atoms with Crippen LogP contribution in [0, 0.1) is 38.5 Å². The summed E-state index contributed by atoms with van der Waals surface area (Å²) in [5, 5.41) is 6.83. The quantitative estimate of drug-likeness (QED) is 0.149. The van der Waals surface area contributed by atoms with Crippen LogP contribution in [0.1, 0.15) is 101 Å². The molecule has 3 aromatic heterocycles. The van der Waals surface area contributed by atoms with Crippen LogP contribution in [-0.4, -0.2) is 54.5 Å². The van der Waals surface area contributed by atoms with Crippen LogP contribution >= 0.6 is 0 Å². The molecule has 1 fully saturated rings. The summed E-state index contributed by atoms with van der Waals surface area (Å²) in [6.07, 6.45) is 11.8. The Balaban J connectivity index is 0.00000468. The van der Waals surface area contributed by atoms with Gasteiger partial charge in [0.2, 0.25) is 0 Å². The van der Waals surface area contributed by atoms with Crippen molar-refractivity contribution in [1.82, 2.24) is 15.0 Å². The van der Waals surface area contributed by atoms with Crippen molar-refractivity contribution < 1.29 is 23.9 Å². The first-order valence-electron chi connectivity index (χ1n) is 16.8. The number of nitrogens with zero attached hydrogens (tertiary/aromatic N) is 4. The number of esters is 2. The van der Waals surface area contributed by atoms with Gasteiger partial charge in [-0.1, -0.05) is 84.5 Å². The molecule has 0 aromatic carbocycles. The third-order valence-electron chi connectivity index (χ3n) is 10.2. The third-order valence-corrected chi connectivity index (χ3v) is 10.2. The number of allylic oxidation sites excluding steroid dienone is 3. The molecule has 3 aliphatic rings. The van der Waals surface area contributed by atoms with Crippen molar-refractivity contribution in [1.29, 1.82) is 0 Å². The fourth-order valence-electron chi connectivity index (χ4n) is 7.45. The van der Waals surface area contributed by atoms with Crippen LogP contribution in [0.4, 0.5) is 0 Å². The number of rotatable bonds is 8. The third kappa shape index (κ3) is 6.18. The fraction of sp³-hybridized carbons (Fsp3) is 0.410. The van der Waals surface area contributed by atoms with Crippen molar-refractivity contribution in [2.24, 2.45) is 17.8 Å². The van der Waals surface area contributed by atoms with E-state index in [4.69, 9.17) is 29.7 Å². The Morgan fingerprint density at radius 2 is 1.59 bits per heavy atom. The first-order chi connectivity index (χ1) is 23.0. The largest absolute Gasteiger partial charge is 2.00 e. The van der Waals surface area contributed by atoms with Gasteiger partial charge in [-0.3, -0.25) is 14.4 Å². The number of hydrogen-bond donors (Lipinski definition) is 0. The molecule has 252 valence electrons. The summed E-state index contributed by atoms with van der Waals surface area (Å²) in [4.78, 5) is 55.4. The van der Waals surface area contributed by atoms with E-state index in [1.54, 1.807) is 6.08 Å². The number of fused-ring (bicyclic) bond motifs is 7. The van der Waals surface area contributed by atoms with Crippen LogP contribution in [0.2, 0.25) is 0 Å². The molecular weight excluding hydrogens is 629 g/mol. The summed E-state index contributed by atoms with van der Waals surface area (Å²) in [6, 6.07) is 0. The second-order valence-corrected chi connectivity index (χ2v) is 12.8. The van der Waals surface area contributed by atoms with Gasteiger partial charge in [0.05, 0.1) is 7.11 Å². The molecule has 0 radical (unpaired) electrons. The average Bonchev–Trinajstić information content (AvgIpc) is 3.80. The Bertz CT molecular complexity index is 2050. The van der Waals surface area contributed by atoms with E-state index in [0.29, 0.717) is 40.2 Å². The van der Waals surface area contributed by atoms with Crippen molar-refractivity contribution in [2.75, 3.05) is 13.7 Å². The van der Waals surface area contributed by atoms with Gasteiger partial charge in [0, 0.05) is 12.0 Å². The standard InChI is InChI=1S/C39H43N4O5.Mg/c1-9-12-15-48-32(44)14-13-25-21(6)28-16-26-19(4)23(10-2)30(40-26)17-27-20(5)24(11-3)31(41-27)18-29-22(7)33-37(43-29)34(36(25)42-28)35(38(33)45)39(46)47-8;/h9,12,16-18,21,25,35H,10-11,13-15H2,1-8H3,(H-,42,43,45);/q-3;+2/p-1/b12-9-,27-17-,28-16-,31-18-;/t21-,25-,35+;/m0./s1. The number of Topliss-reactive ketones (excluding diaryl/α,β-unsaturated/α-hetero) is 1. The molecule has 9 nitrogen and oxygen atoms in total. The number of methoxy groups -OCH3 is 1. The summed E-state index contributed by atoms with van der Waals surface area (Å²) in [5.74, 6) is -2.96. The molecular formula is C39H42MgN4O5-2. The van der Waals surface area contributed by atoms with Crippen LogP contribution in [0.5, 0.6) is 0 Å². The maximum atomic E-state index is 14.1. The van der Waals surface area contributed by atoms with Gasteiger partial charge in [0.15, 0.2) is 5.78 Å². The molecule has 0 N–H and O–H groups in total. The van der Waals surface area contributed by atoms with Crippen LogP contribution < -0.4 is 25.7 Å². The van der Waals surface area contributed by atoms with E-state index in [0.717, 1.165) is 62.9 Å². The predicted octanol–water partition coefficient (Wildman–Crippen LogP) is 4.48. The van der Waals surface area contributed by atoms with Crippen molar-refractivity contribution in [3.05, 3.63) is 95.7 Å². The van der Waals surface area contributed by atoms with E-state index in [1.165, 1.54) is 7.11 Å². The smallest absolute Gasteiger partial charge is 0.664 e. The molecule has 0 unspecified atom stereocenters. The summed E-state index contributed by atoms with van der Waals surface area (Å²) in [5.41, 5.74) is 10.1. The maximum absolute atomic E-state index is 14.1. The van der Waals surface area contributed by atoms with Crippen molar-refractivity contribution >= 4 is 64.6 Å². The Kier molecular flexibility index (Phi) is 10.7. The number of carbonyl (C=O) groups is 3. The van der Waals surface area contributed by atoms with Gasteiger partial charge in [-0.15, -0.1) is 33.5 Å². The first-order valence-corrected chi connectivity index (χ1v) is 16.8. The van der Waals surface area contributed by atoms with E-state index in [9.17, 15) is 14.4 Å². The Morgan fingerprint density at radius 3 is 2.27 bits per heavy atom. The zero-order valence-electron chi connectivity index (χ0n) is 29.7. The molecule has 1 aliphatic carbocycles. The SMILES string of the molecule is C/C=C\COC(=O)CC[C@@H]1/C2=C3/c4[n-]c(c(C)c4C(=O)[C@@H]3C(=O)OC)/C=c3\[n-]/c(c(C)c3CC)=C\c3[n-]c(c(C)c3CC)/C=C(\[N-]2)[C@H]1C.[Mg+2]. The zero-order valence-corrected chi connectivity index (χ0v) is 31.1. The molecule has 10 heteroatoms. The number of hydrogen-bond acceptors (Lipinski definition) is 5. The molecule has 3 atom stereocenters. The fourth-order valence-corrected chi connectivity index (χ4v) is 7.45. The van der Waals surface area contributed by atoms with E-state index in [2.05, 4.69) is 40.7 Å². The van der Waals surface area contributed by atoms with Gasteiger partial charge in [0.1, 0.15) is 12.5 Å². The maximum Gasteiger partial charge on any atom is 2.00 e. The minimum atomic E-state index is -1.20. The molecule has 1 saturated heterocycles. The van der Waals surface area contributed by atoms with Crippen molar-refractivity contribution in [3.8, 4) is 0 Å². The monoisotopic (exact) mass is 670 g/mol. The molecule has 0 saturated carbocycles. The van der Waals surface area contributed by atoms with E-state index < -0.39 is 11.9 Å². The second-order valence-electron chi connectivity index (χ2n) is 12.8. The van der Waals surface area contributed by atoms with Crippen LogP contribution in [-0.2, 0) is 31.9 Å². The Morgan fingerprint density at radius 1 is 0.898 bits per heavy atom. The van der Waals surface area contributed by atoms with Crippen molar-refractivity contribution in [2.45, 2.75) is 74.1 Å². The topological polar surface area (TPSA) is 126 Å². The minimum Gasteiger partial charge on any atom is -0.664 e. The number of ether oxygens (including phenoxy) is 2. The number of aromatic nitrogens is 3. The molecule has 8 bridgehead atoms. The Hall–Kier alpha value is -4.02. The molecule has 2 aliphatic heterocycles. The van der Waals surface area contributed by atoms with E-state index in [-0.39, 0.29) is 59.7 Å². The van der Waals surface area contributed by atoms with Crippen LogP contribution in [0.25, 0.3) is 29.1 Å². The van der Waals surface area contributed by atoms with Gasteiger partial charge < -0.3 is 29.7 Å². The minimum absolute atomic E-state index is 0. The van der Waals surface area contributed by atoms with Gasteiger partial charge in [-0.05, 0) is 58.8 Å². The zero-order chi connectivity index (χ0) is 34.4. The molecule has 0 spiro atoms. The summed E-state index contributed by atoms with van der Waals surface area (Å²) in [7, 11) is 1.29. The van der Waals surface area contributed by atoms with Gasteiger partial charge >= 0.3 is 35.0 Å². The molecule has 5 heterocycles. The van der Waals surface area contributed by atoms with Gasteiger partial charge in [-0.2, -0.15) is 11.4 Å². The van der Waals surface area contributed by atoms with Crippen LogP contribution in [0.15, 0.2) is 23.5 Å². The van der Waals surface area contributed by atoms with Crippen molar-refractivity contribution in [3.63, 3.8) is 0 Å². The van der Waals surface area contributed by atoms with E-state index in [1.807, 2.05) is 32.1 Å². The molecule has 6 rings (SSSR count). The molecule has 3 aromatic rings. The van der Waals surface area contributed by atoms with E-state index >= 15 is 0 Å². The summed E-state index contributed by atoms with van der Waals surface area (Å²) >= 11 is 0. The van der Waals surface area contributed by atoms with Crippen LogP contribution in [0.3, 0.4) is 0 Å². The second kappa shape index (κ2) is 14.4.